The number of carbonyl (C=O) groups excluding carboxylic acids is 4. The zero-order valence-electron chi connectivity index (χ0n) is 19.5. The number of fused-ring (bicyclic) bond motifs is 2. The van der Waals surface area contributed by atoms with Gasteiger partial charge in [-0.15, -0.1) is 5.10 Å². The lowest BCUT2D eigenvalue weighted by atomic mass is 10.0. The number of rotatable bonds is 5. The molecule has 2 aromatic heterocycles. The van der Waals surface area contributed by atoms with Gasteiger partial charge in [0.25, 0.3) is 5.91 Å². The van der Waals surface area contributed by atoms with E-state index in [0.29, 0.717) is 22.5 Å². The zero-order valence-corrected chi connectivity index (χ0v) is 19.5. The van der Waals surface area contributed by atoms with Crippen LogP contribution in [0.5, 0.6) is 0 Å². The first-order chi connectivity index (χ1) is 18.0. The maximum absolute atomic E-state index is 13.0. The van der Waals surface area contributed by atoms with Crippen molar-refractivity contribution in [3.63, 3.8) is 0 Å². The van der Waals surface area contributed by atoms with E-state index in [4.69, 9.17) is 0 Å². The first-order valence-corrected chi connectivity index (χ1v) is 11.8. The minimum Gasteiger partial charge on any atom is -0.324 e. The number of benzene rings is 2. The summed E-state index contributed by atoms with van der Waals surface area (Å²) in [5.74, 6) is -1.45. The summed E-state index contributed by atoms with van der Waals surface area (Å²) in [5, 5.41) is 14.4. The molecule has 2 aromatic carbocycles. The largest absolute Gasteiger partial charge is 0.324 e. The molecule has 0 saturated carbocycles. The van der Waals surface area contributed by atoms with Crippen molar-refractivity contribution in [2.24, 2.45) is 0 Å². The molecule has 184 valence electrons. The van der Waals surface area contributed by atoms with E-state index < -0.39 is 11.9 Å². The minimum absolute atomic E-state index is 0.0728. The van der Waals surface area contributed by atoms with Crippen molar-refractivity contribution in [1.29, 1.82) is 0 Å². The molecule has 11 heteroatoms. The van der Waals surface area contributed by atoms with Crippen molar-refractivity contribution in [1.82, 2.24) is 30.2 Å². The van der Waals surface area contributed by atoms with Crippen molar-refractivity contribution >= 4 is 40.2 Å². The van der Waals surface area contributed by atoms with E-state index >= 15 is 0 Å². The molecule has 4 heterocycles. The van der Waals surface area contributed by atoms with Crippen molar-refractivity contribution < 1.29 is 19.2 Å². The Morgan fingerprint density at radius 1 is 1.11 bits per heavy atom. The molecule has 4 aromatic rings. The smallest absolute Gasteiger partial charge is 0.255 e. The molecule has 1 unspecified atom stereocenters. The van der Waals surface area contributed by atoms with Crippen molar-refractivity contribution in [2.75, 3.05) is 5.32 Å². The molecule has 11 nitrogen and oxygen atoms in total. The van der Waals surface area contributed by atoms with Gasteiger partial charge in [-0.25, -0.2) is 4.68 Å². The number of pyridine rings is 1. The van der Waals surface area contributed by atoms with E-state index in [9.17, 15) is 19.2 Å². The lowest BCUT2D eigenvalue weighted by Crippen LogP contribution is -2.52. The van der Waals surface area contributed by atoms with Gasteiger partial charge >= 0.3 is 0 Å². The Morgan fingerprint density at radius 3 is 2.86 bits per heavy atom. The number of imide groups is 1. The van der Waals surface area contributed by atoms with Gasteiger partial charge in [0.2, 0.25) is 17.7 Å². The molecule has 1 atom stereocenters. The van der Waals surface area contributed by atoms with Crippen molar-refractivity contribution in [3.8, 4) is 11.3 Å². The van der Waals surface area contributed by atoms with Gasteiger partial charge in [-0.2, -0.15) is 0 Å². The van der Waals surface area contributed by atoms with Crippen LogP contribution in [-0.4, -0.2) is 54.5 Å². The van der Waals surface area contributed by atoms with Gasteiger partial charge in [-0.3, -0.25) is 29.5 Å². The van der Waals surface area contributed by atoms with Gasteiger partial charge in [0.1, 0.15) is 18.3 Å². The van der Waals surface area contributed by atoms with E-state index in [0.717, 1.165) is 16.5 Å². The molecular formula is C26H21N7O4. The number of piperidine rings is 1. The Labute approximate surface area is 210 Å². The van der Waals surface area contributed by atoms with Crippen LogP contribution in [0.4, 0.5) is 5.69 Å². The second-order valence-electron chi connectivity index (χ2n) is 8.99. The zero-order chi connectivity index (χ0) is 25.5. The van der Waals surface area contributed by atoms with Crippen molar-refractivity contribution in [2.45, 2.75) is 32.0 Å². The van der Waals surface area contributed by atoms with Gasteiger partial charge in [0, 0.05) is 46.9 Å². The van der Waals surface area contributed by atoms with E-state index in [-0.39, 0.29) is 43.7 Å². The van der Waals surface area contributed by atoms with Gasteiger partial charge in [-0.05, 0) is 36.8 Å². The van der Waals surface area contributed by atoms with Crippen LogP contribution in [0.3, 0.4) is 0 Å². The number of amides is 4. The lowest BCUT2D eigenvalue weighted by molar-refractivity contribution is -0.137. The SMILES string of the molecule is O=C1CCC(N2Cc3c(NC(=O)Cn4cc(-c5ccc6ncccc6c5)nn4)cccc3C2=O)C(=O)N1. The standard InChI is InChI=1S/C26H21N7O4/c34-23-9-8-22(25(36)29-23)33-12-18-17(26(33)37)4-1-5-20(18)28-24(35)14-32-13-21(30-31-32)16-6-7-19-15(11-16)3-2-10-27-19/h1-7,10-11,13,22H,8-9,12,14H2,(H,28,35)(H,29,34,36). The summed E-state index contributed by atoms with van der Waals surface area (Å²) in [7, 11) is 0. The Morgan fingerprint density at radius 2 is 2.00 bits per heavy atom. The summed E-state index contributed by atoms with van der Waals surface area (Å²) in [6, 6.07) is 14.0. The monoisotopic (exact) mass is 495 g/mol. The highest BCUT2D eigenvalue weighted by molar-refractivity contribution is 6.06. The van der Waals surface area contributed by atoms with Crippen LogP contribution >= 0.6 is 0 Å². The number of anilines is 1. The van der Waals surface area contributed by atoms with Gasteiger partial charge in [0.05, 0.1) is 11.7 Å². The highest BCUT2D eigenvalue weighted by Crippen LogP contribution is 2.32. The first kappa shape index (κ1) is 22.5. The predicted molar refractivity (Wildman–Crippen MR) is 132 cm³/mol. The predicted octanol–water partition coefficient (Wildman–Crippen LogP) is 1.89. The maximum atomic E-state index is 13.0. The molecule has 2 aliphatic rings. The number of aromatic nitrogens is 4. The third-order valence-electron chi connectivity index (χ3n) is 6.60. The molecule has 1 fully saturated rings. The molecule has 4 amide bonds. The average molecular weight is 495 g/mol. The number of nitrogens with one attached hydrogen (secondary N) is 2. The molecule has 2 N–H and O–H groups in total. The topological polar surface area (TPSA) is 139 Å². The Kier molecular flexibility index (Phi) is 5.44. The number of hydrogen-bond donors (Lipinski definition) is 2. The summed E-state index contributed by atoms with van der Waals surface area (Å²) in [4.78, 5) is 55.4. The molecule has 0 bridgehead atoms. The van der Waals surface area contributed by atoms with Gasteiger partial charge in [-0.1, -0.05) is 23.4 Å². The molecule has 0 radical (unpaired) electrons. The van der Waals surface area contributed by atoms with Crippen LogP contribution in [0.1, 0.15) is 28.8 Å². The van der Waals surface area contributed by atoms with Crippen LogP contribution < -0.4 is 10.6 Å². The van der Waals surface area contributed by atoms with Crippen LogP contribution in [-0.2, 0) is 27.5 Å². The van der Waals surface area contributed by atoms with Crippen LogP contribution in [0, 0.1) is 0 Å². The van der Waals surface area contributed by atoms with Gasteiger partial charge in [0.15, 0.2) is 0 Å². The summed E-state index contributed by atoms with van der Waals surface area (Å²) < 4.78 is 1.45. The van der Waals surface area contributed by atoms with Crippen LogP contribution in [0.25, 0.3) is 22.2 Å². The Hall–Kier alpha value is -4.93. The average Bonchev–Trinajstić information content (AvgIpc) is 3.49. The number of nitrogens with zero attached hydrogens (tertiary/aromatic N) is 5. The summed E-state index contributed by atoms with van der Waals surface area (Å²) >= 11 is 0. The van der Waals surface area contributed by atoms with Crippen molar-refractivity contribution in [3.05, 3.63) is 72.1 Å². The maximum Gasteiger partial charge on any atom is 0.255 e. The summed E-state index contributed by atoms with van der Waals surface area (Å²) in [6.45, 7) is 0.0950. The van der Waals surface area contributed by atoms with Crippen LogP contribution in [0.2, 0.25) is 0 Å². The molecule has 6 rings (SSSR count). The minimum atomic E-state index is -0.722. The normalized spacial score (nSPS) is 17.1. The molecule has 0 spiro atoms. The van der Waals surface area contributed by atoms with Gasteiger partial charge < -0.3 is 10.2 Å². The summed E-state index contributed by atoms with van der Waals surface area (Å²) in [5.41, 5.74) is 3.92. The molecule has 37 heavy (non-hydrogen) atoms. The second-order valence-corrected chi connectivity index (χ2v) is 8.99. The fourth-order valence-corrected chi connectivity index (χ4v) is 4.78. The fraction of sp³-hybridized carbons (Fsp3) is 0.192. The number of carbonyl (C=O) groups is 4. The van der Waals surface area contributed by atoms with E-state index in [1.165, 1.54) is 9.58 Å². The number of hydrogen-bond acceptors (Lipinski definition) is 7. The molecule has 1 saturated heterocycles. The van der Waals surface area contributed by atoms with E-state index in [1.807, 2.05) is 30.3 Å². The third kappa shape index (κ3) is 4.20. The second kappa shape index (κ2) is 8.94. The first-order valence-electron chi connectivity index (χ1n) is 11.8. The molecule has 2 aliphatic heterocycles. The quantitative estimate of drug-likeness (QED) is 0.403. The molecule has 0 aliphatic carbocycles. The lowest BCUT2D eigenvalue weighted by Gasteiger charge is -2.29. The molecular weight excluding hydrogens is 474 g/mol. The third-order valence-corrected chi connectivity index (χ3v) is 6.60. The highest BCUT2D eigenvalue weighted by Gasteiger charge is 2.39. The summed E-state index contributed by atoms with van der Waals surface area (Å²) in [6.07, 6.45) is 3.88. The van der Waals surface area contributed by atoms with E-state index in [2.05, 4.69) is 25.9 Å². The Bertz CT molecular complexity index is 1590. The van der Waals surface area contributed by atoms with Crippen LogP contribution in [0.15, 0.2) is 60.9 Å². The fourth-order valence-electron chi connectivity index (χ4n) is 4.78. The van der Waals surface area contributed by atoms with E-state index in [1.54, 1.807) is 30.6 Å². The Balaban J connectivity index is 1.16. The highest BCUT2D eigenvalue weighted by atomic mass is 16.2.